The number of aromatic nitrogens is 2. The van der Waals surface area contributed by atoms with Crippen LogP contribution in [0.1, 0.15) is 60.6 Å². The van der Waals surface area contributed by atoms with Crippen LogP contribution in [0.25, 0.3) is 28.1 Å². The van der Waals surface area contributed by atoms with E-state index in [4.69, 9.17) is 9.84 Å². The number of halogens is 1. The second-order valence-corrected chi connectivity index (χ2v) is 11.2. The van der Waals surface area contributed by atoms with Crippen LogP contribution in [0.2, 0.25) is 0 Å². The average Bonchev–Trinajstić information content (AvgIpc) is 3.78. The fraction of sp³-hybridized carbons (Fsp3) is 0.273. The van der Waals surface area contributed by atoms with Crippen molar-refractivity contribution in [3.63, 3.8) is 0 Å². The number of ether oxygens (including phenoxy) is 1. The monoisotopic (exact) mass is 554 g/mol. The first-order valence-corrected chi connectivity index (χ1v) is 14.9. The van der Waals surface area contributed by atoms with Crippen molar-refractivity contribution in [1.82, 2.24) is 9.78 Å². The summed E-state index contributed by atoms with van der Waals surface area (Å²) in [5.74, 6) is -1.06. The molecule has 2 heterocycles. The number of benzene rings is 3. The first kappa shape index (κ1) is 26.5. The van der Waals surface area contributed by atoms with Crippen LogP contribution in [0.4, 0.5) is 4.39 Å². The van der Waals surface area contributed by atoms with Crippen LogP contribution < -0.4 is 0 Å². The molecule has 1 atom stereocenters. The zero-order chi connectivity index (χ0) is 27.6. The lowest BCUT2D eigenvalue weighted by molar-refractivity contribution is -0.131. The van der Waals surface area contributed by atoms with Gasteiger partial charge in [-0.1, -0.05) is 48.5 Å². The molecule has 1 aliphatic heterocycles. The van der Waals surface area contributed by atoms with Crippen LogP contribution in [-0.4, -0.2) is 33.7 Å². The maximum Gasteiger partial charge on any atom is 0.328 e. The van der Waals surface area contributed by atoms with E-state index in [0.29, 0.717) is 17.9 Å². The molecule has 4 aromatic rings. The number of thioether (sulfide) groups is 1. The van der Waals surface area contributed by atoms with Gasteiger partial charge in [0.2, 0.25) is 5.95 Å². The van der Waals surface area contributed by atoms with Gasteiger partial charge in [0.05, 0.1) is 10.9 Å². The van der Waals surface area contributed by atoms with Gasteiger partial charge in [0.25, 0.3) is 0 Å². The van der Waals surface area contributed by atoms with Gasteiger partial charge < -0.3 is 9.84 Å². The second-order valence-electron chi connectivity index (χ2n) is 10.3. The molecule has 0 spiro atoms. The molecule has 1 saturated heterocycles. The SMILES string of the molecule is CSc1ccccc1/C(=C(\c1ccc(C=CC(=O)O)cc1)c1ccc2c(c1)c(F)nn2C1CCCCO1)C1CC1. The minimum Gasteiger partial charge on any atom is -0.478 e. The zero-order valence-electron chi connectivity index (χ0n) is 22.3. The van der Waals surface area contributed by atoms with Crippen molar-refractivity contribution >= 4 is 45.9 Å². The summed E-state index contributed by atoms with van der Waals surface area (Å²) in [6.07, 6.45) is 9.66. The Morgan fingerprint density at radius 2 is 1.82 bits per heavy atom. The van der Waals surface area contributed by atoms with Crippen LogP contribution in [-0.2, 0) is 9.53 Å². The molecule has 1 unspecified atom stereocenters. The average molecular weight is 555 g/mol. The molecule has 7 heteroatoms. The van der Waals surface area contributed by atoms with E-state index in [1.165, 1.54) is 16.0 Å². The van der Waals surface area contributed by atoms with E-state index in [0.717, 1.165) is 66.0 Å². The van der Waals surface area contributed by atoms with Gasteiger partial charge in [-0.3, -0.25) is 0 Å². The first-order chi connectivity index (χ1) is 19.5. The van der Waals surface area contributed by atoms with Gasteiger partial charge in [-0.05, 0) is 102 Å². The fourth-order valence-corrected chi connectivity index (χ4v) is 6.21. The summed E-state index contributed by atoms with van der Waals surface area (Å²) in [5.41, 5.74) is 7.02. The number of hydrogen-bond donors (Lipinski definition) is 1. The molecule has 1 aliphatic carbocycles. The minimum absolute atomic E-state index is 0.247. The molecular weight excluding hydrogens is 523 g/mol. The number of hydrogen-bond acceptors (Lipinski definition) is 4. The van der Waals surface area contributed by atoms with Crippen LogP contribution in [0.15, 0.2) is 77.7 Å². The lowest BCUT2D eigenvalue weighted by Crippen LogP contribution is -2.19. The summed E-state index contributed by atoms with van der Waals surface area (Å²) in [6, 6.07) is 22.3. The van der Waals surface area contributed by atoms with Crippen molar-refractivity contribution in [3.8, 4) is 0 Å². The van der Waals surface area contributed by atoms with Gasteiger partial charge in [0, 0.05) is 17.6 Å². The Morgan fingerprint density at radius 1 is 1.05 bits per heavy atom. The van der Waals surface area contributed by atoms with E-state index in [2.05, 4.69) is 41.7 Å². The third-order valence-corrected chi connectivity index (χ3v) is 8.44. The third-order valence-electron chi connectivity index (χ3n) is 7.65. The second kappa shape index (κ2) is 11.4. The molecule has 1 aromatic heterocycles. The summed E-state index contributed by atoms with van der Waals surface area (Å²) in [5, 5.41) is 13.8. The van der Waals surface area contributed by atoms with E-state index in [-0.39, 0.29) is 6.23 Å². The van der Waals surface area contributed by atoms with Gasteiger partial charge >= 0.3 is 5.97 Å². The standard InChI is InChI=1S/C33H31FN2O3S/c1-40-28-7-3-2-6-25(28)32(23-14-15-23)31(22-12-9-21(10-13-22)11-18-30(37)38)24-16-17-27-26(20-24)33(34)35-36(27)29-8-4-5-19-39-29/h2-3,6-7,9-13,16-18,20,23,29H,4-5,8,14-15,19H2,1H3,(H,37,38)/b18-11?,32-31+. The van der Waals surface area contributed by atoms with Crippen molar-refractivity contribution in [2.45, 2.75) is 43.2 Å². The van der Waals surface area contributed by atoms with E-state index < -0.39 is 11.9 Å². The van der Waals surface area contributed by atoms with E-state index in [1.807, 2.05) is 36.4 Å². The molecule has 0 radical (unpaired) electrons. The minimum atomic E-state index is -0.983. The zero-order valence-corrected chi connectivity index (χ0v) is 23.2. The van der Waals surface area contributed by atoms with E-state index in [1.54, 1.807) is 22.5 Å². The third kappa shape index (κ3) is 5.36. The Morgan fingerprint density at radius 3 is 2.52 bits per heavy atom. The van der Waals surface area contributed by atoms with Gasteiger partial charge in [-0.2, -0.15) is 4.39 Å². The number of carboxylic acids is 1. The number of fused-ring (bicyclic) bond motifs is 1. The fourth-order valence-electron chi connectivity index (χ4n) is 5.60. The predicted octanol–water partition coefficient (Wildman–Crippen LogP) is 8.06. The van der Waals surface area contributed by atoms with Gasteiger partial charge in [-0.25, -0.2) is 9.48 Å². The van der Waals surface area contributed by atoms with Crippen LogP contribution in [0, 0.1) is 11.9 Å². The number of carbonyl (C=O) groups is 1. The number of aliphatic carboxylic acids is 1. The van der Waals surface area contributed by atoms with Gasteiger partial charge in [0.15, 0.2) is 6.23 Å². The molecule has 0 amide bonds. The molecule has 0 bridgehead atoms. The lowest BCUT2D eigenvalue weighted by atomic mass is 9.86. The molecule has 2 fully saturated rings. The van der Waals surface area contributed by atoms with Crippen molar-refractivity contribution in [2.75, 3.05) is 12.9 Å². The van der Waals surface area contributed by atoms with Crippen LogP contribution >= 0.6 is 11.8 Å². The van der Waals surface area contributed by atoms with Crippen molar-refractivity contribution in [1.29, 1.82) is 0 Å². The van der Waals surface area contributed by atoms with E-state index >= 15 is 4.39 Å². The maximum atomic E-state index is 15.4. The highest BCUT2D eigenvalue weighted by molar-refractivity contribution is 7.98. The Hall–Kier alpha value is -3.68. The largest absolute Gasteiger partial charge is 0.478 e. The molecule has 3 aromatic carbocycles. The summed E-state index contributed by atoms with van der Waals surface area (Å²) in [7, 11) is 0. The van der Waals surface area contributed by atoms with Gasteiger partial charge in [0.1, 0.15) is 0 Å². The highest BCUT2D eigenvalue weighted by Crippen LogP contribution is 2.49. The smallest absolute Gasteiger partial charge is 0.328 e. The van der Waals surface area contributed by atoms with Crippen molar-refractivity contribution < 1.29 is 19.0 Å². The molecular formula is C33H31FN2O3S. The Balaban J connectivity index is 1.54. The molecule has 40 heavy (non-hydrogen) atoms. The van der Waals surface area contributed by atoms with E-state index in [9.17, 15) is 4.79 Å². The Labute approximate surface area is 237 Å². The van der Waals surface area contributed by atoms with Crippen molar-refractivity contribution in [2.24, 2.45) is 5.92 Å². The number of nitrogens with zero attached hydrogens (tertiary/aromatic N) is 2. The predicted molar refractivity (Wildman–Crippen MR) is 159 cm³/mol. The summed E-state index contributed by atoms with van der Waals surface area (Å²) in [4.78, 5) is 12.2. The molecule has 1 N–H and O–H groups in total. The highest BCUT2D eigenvalue weighted by Gasteiger charge is 2.32. The number of allylic oxidation sites excluding steroid dienone is 1. The maximum absolute atomic E-state index is 15.4. The molecule has 5 nitrogen and oxygen atoms in total. The topological polar surface area (TPSA) is 64.3 Å². The lowest BCUT2D eigenvalue weighted by Gasteiger charge is -2.23. The Bertz CT molecular complexity index is 1610. The number of rotatable bonds is 8. The summed E-state index contributed by atoms with van der Waals surface area (Å²) in [6.45, 7) is 0.663. The van der Waals surface area contributed by atoms with Crippen LogP contribution in [0.5, 0.6) is 0 Å². The summed E-state index contributed by atoms with van der Waals surface area (Å²) < 4.78 is 23.0. The molecule has 1 saturated carbocycles. The van der Waals surface area contributed by atoms with Gasteiger partial charge in [-0.15, -0.1) is 16.9 Å². The quantitative estimate of drug-likeness (QED) is 0.136. The highest BCUT2D eigenvalue weighted by atomic mass is 32.2. The normalized spacial score (nSPS) is 18.3. The Kier molecular flexibility index (Phi) is 7.59. The van der Waals surface area contributed by atoms with Crippen molar-refractivity contribution in [3.05, 3.63) is 101 Å². The molecule has 6 rings (SSSR count). The molecule has 2 aliphatic rings. The molecule has 204 valence electrons. The summed E-state index contributed by atoms with van der Waals surface area (Å²) >= 11 is 1.73. The first-order valence-electron chi connectivity index (χ1n) is 13.7. The number of carboxylic acid groups (broad SMARTS) is 1. The van der Waals surface area contributed by atoms with Crippen LogP contribution in [0.3, 0.4) is 0 Å².